The maximum Gasteiger partial charge on any atom is 0.264 e. The number of hydrogen-bond donors (Lipinski definition) is 1. The van der Waals surface area contributed by atoms with E-state index in [1.807, 2.05) is 57.2 Å². The van der Waals surface area contributed by atoms with Crippen LogP contribution in [0.25, 0.3) is 0 Å². The molecular weight excluding hydrogens is 486 g/mol. The van der Waals surface area contributed by atoms with Crippen LogP contribution < -0.4 is 9.62 Å². The first-order valence-corrected chi connectivity index (χ1v) is 13.9. The lowest BCUT2D eigenvalue weighted by atomic mass is 10.1. The molecule has 0 aromatic heterocycles. The maximum absolute atomic E-state index is 14.0. The number of carbonyl (C=O) groups is 2. The number of benzene rings is 3. The molecule has 3 rings (SSSR count). The zero-order valence-electron chi connectivity index (χ0n) is 21.8. The van der Waals surface area contributed by atoms with Crippen LogP contribution in [0.2, 0.25) is 0 Å². The molecule has 0 aliphatic rings. The number of aryl methyl sites for hydroxylation is 2. The molecule has 3 aromatic rings. The van der Waals surface area contributed by atoms with Crippen molar-refractivity contribution in [2.75, 3.05) is 17.9 Å². The van der Waals surface area contributed by atoms with E-state index in [9.17, 15) is 18.0 Å². The third-order valence-electron chi connectivity index (χ3n) is 6.49. The van der Waals surface area contributed by atoms with Gasteiger partial charge in [-0.15, -0.1) is 0 Å². The fourth-order valence-corrected chi connectivity index (χ4v) is 5.82. The fourth-order valence-electron chi connectivity index (χ4n) is 4.34. The van der Waals surface area contributed by atoms with Crippen LogP contribution in [0.5, 0.6) is 0 Å². The molecule has 0 heterocycles. The summed E-state index contributed by atoms with van der Waals surface area (Å²) in [4.78, 5) is 28.4. The van der Waals surface area contributed by atoms with Gasteiger partial charge in [-0.25, -0.2) is 8.42 Å². The van der Waals surface area contributed by atoms with Crippen LogP contribution in [0.15, 0.2) is 83.8 Å². The number of hydrogen-bond acceptors (Lipinski definition) is 4. The molecular formula is C29H35N3O4S. The topological polar surface area (TPSA) is 86.8 Å². The van der Waals surface area contributed by atoms with Crippen molar-refractivity contribution in [2.45, 2.75) is 51.1 Å². The van der Waals surface area contributed by atoms with Gasteiger partial charge in [0.15, 0.2) is 0 Å². The Labute approximate surface area is 220 Å². The Balaban J connectivity index is 2.10. The van der Waals surface area contributed by atoms with Crippen molar-refractivity contribution in [3.05, 3.63) is 95.6 Å². The van der Waals surface area contributed by atoms with Crippen LogP contribution >= 0.6 is 0 Å². The van der Waals surface area contributed by atoms with E-state index in [2.05, 4.69) is 5.32 Å². The summed E-state index contributed by atoms with van der Waals surface area (Å²) in [5, 5.41) is 2.65. The molecule has 0 aliphatic heterocycles. The highest BCUT2D eigenvalue weighted by Crippen LogP contribution is 2.28. The van der Waals surface area contributed by atoms with Gasteiger partial charge in [-0.3, -0.25) is 13.9 Å². The van der Waals surface area contributed by atoms with E-state index in [-0.39, 0.29) is 17.3 Å². The third-order valence-corrected chi connectivity index (χ3v) is 8.26. The SMILES string of the molecule is CCc1ccccc1N(CC(=O)N(Cc1ccccc1C)C(CC)C(=O)NC)S(=O)(=O)c1ccccc1. The lowest BCUT2D eigenvalue weighted by Gasteiger charge is -2.33. The molecule has 1 atom stereocenters. The highest BCUT2D eigenvalue weighted by Gasteiger charge is 2.34. The summed E-state index contributed by atoms with van der Waals surface area (Å²) in [5.41, 5.74) is 3.13. The largest absolute Gasteiger partial charge is 0.357 e. The minimum Gasteiger partial charge on any atom is -0.357 e. The Morgan fingerprint density at radius 2 is 1.46 bits per heavy atom. The van der Waals surface area contributed by atoms with Crippen molar-refractivity contribution in [3.63, 3.8) is 0 Å². The second-order valence-corrected chi connectivity index (χ2v) is 10.7. The molecule has 0 spiro atoms. The predicted octanol–water partition coefficient (Wildman–Crippen LogP) is 4.31. The first-order chi connectivity index (χ1) is 17.7. The average Bonchev–Trinajstić information content (AvgIpc) is 2.92. The summed E-state index contributed by atoms with van der Waals surface area (Å²) >= 11 is 0. The minimum absolute atomic E-state index is 0.0949. The van der Waals surface area contributed by atoms with Gasteiger partial charge in [-0.2, -0.15) is 0 Å². The van der Waals surface area contributed by atoms with E-state index >= 15 is 0 Å². The molecule has 2 amide bonds. The van der Waals surface area contributed by atoms with E-state index in [0.717, 1.165) is 16.7 Å². The van der Waals surface area contributed by atoms with Crippen LogP contribution in [0.1, 0.15) is 37.0 Å². The summed E-state index contributed by atoms with van der Waals surface area (Å²) in [6.07, 6.45) is 0.974. The number of para-hydroxylation sites is 1. The highest BCUT2D eigenvalue weighted by atomic mass is 32.2. The summed E-state index contributed by atoms with van der Waals surface area (Å²) in [5.74, 6) is -0.750. The van der Waals surface area contributed by atoms with Crippen LogP contribution in [0, 0.1) is 6.92 Å². The molecule has 1 N–H and O–H groups in total. The van der Waals surface area contributed by atoms with Gasteiger partial charge in [0, 0.05) is 13.6 Å². The Bertz CT molecular complexity index is 1330. The minimum atomic E-state index is -4.07. The van der Waals surface area contributed by atoms with E-state index in [1.165, 1.54) is 28.4 Å². The summed E-state index contributed by atoms with van der Waals surface area (Å²) < 4.78 is 28.9. The van der Waals surface area contributed by atoms with E-state index in [1.54, 1.807) is 30.3 Å². The van der Waals surface area contributed by atoms with Gasteiger partial charge in [0.1, 0.15) is 12.6 Å². The van der Waals surface area contributed by atoms with Crippen LogP contribution in [0.3, 0.4) is 0 Å². The monoisotopic (exact) mass is 521 g/mol. The number of carbonyl (C=O) groups excluding carboxylic acids is 2. The lowest BCUT2D eigenvalue weighted by Crippen LogP contribution is -2.52. The van der Waals surface area contributed by atoms with Gasteiger partial charge in [-0.1, -0.05) is 74.5 Å². The van der Waals surface area contributed by atoms with Crippen molar-refractivity contribution in [3.8, 4) is 0 Å². The number of amides is 2. The molecule has 0 fully saturated rings. The highest BCUT2D eigenvalue weighted by molar-refractivity contribution is 7.92. The van der Waals surface area contributed by atoms with Crippen molar-refractivity contribution < 1.29 is 18.0 Å². The van der Waals surface area contributed by atoms with Gasteiger partial charge in [0.25, 0.3) is 10.0 Å². The Kier molecular flexibility index (Phi) is 9.47. The molecule has 0 bridgehead atoms. The number of nitrogens with zero attached hydrogens (tertiary/aromatic N) is 2. The Morgan fingerprint density at radius 3 is 2.05 bits per heavy atom. The van der Waals surface area contributed by atoms with Gasteiger partial charge < -0.3 is 10.2 Å². The summed E-state index contributed by atoms with van der Waals surface area (Å²) in [6.45, 7) is 5.47. The lowest BCUT2D eigenvalue weighted by molar-refractivity contribution is -0.140. The van der Waals surface area contributed by atoms with Crippen molar-refractivity contribution in [1.29, 1.82) is 0 Å². The predicted molar refractivity (Wildman–Crippen MR) is 147 cm³/mol. The van der Waals surface area contributed by atoms with Gasteiger partial charge in [0.05, 0.1) is 10.6 Å². The number of likely N-dealkylation sites (N-methyl/N-ethyl adjacent to an activating group) is 1. The van der Waals surface area contributed by atoms with Crippen LogP contribution in [0.4, 0.5) is 5.69 Å². The second kappa shape index (κ2) is 12.5. The van der Waals surface area contributed by atoms with Crippen molar-refractivity contribution in [1.82, 2.24) is 10.2 Å². The standard InChI is InChI=1S/C29H35N3O4S/c1-5-23-15-12-13-19-27(23)32(37(35,36)25-17-8-7-9-18-25)21-28(33)31(26(6-2)29(34)30-4)20-24-16-11-10-14-22(24)3/h7-19,26H,5-6,20-21H2,1-4H3,(H,30,34). The number of anilines is 1. The van der Waals surface area contributed by atoms with Gasteiger partial charge in [0.2, 0.25) is 11.8 Å². The maximum atomic E-state index is 14.0. The van der Waals surface area contributed by atoms with Gasteiger partial charge >= 0.3 is 0 Å². The summed E-state index contributed by atoms with van der Waals surface area (Å²) in [7, 11) is -2.54. The van der Waals surface area contributed by atoms with E-state index in [0.29, 0.717) is 18.5 Å². The van der Waals surface area contributed by atoms with Crippen LogP contribution in [-0.4, -0.2) is 44.8 Å². The van der Waals surface area contributed by atoms with E-state index in [4.69, 9.17) is 0 Å². The number of rotatable bonds is 11. The molecule has 196 valence electrons. The molecule has 1 unspecified atom stereocenters. The molecule has 0 aliphatic carbocycles. The quantitative estimate of drug-likeness (QED) is 0.408. The normalized spacial score (nSPS) is 12.0. The average molecular weight is 522 g/mol. The first-order valence-electron chi connectivity index (χ1n) is 12.5. The zero-order valence-corrected chi connectivity index (χ0v) is 22.7. The molecule has 37 heavy (non-hydrogen) atoms. The second-order valence-electron chi connectivity index (χ2n) is 8.79. The summed E-state index contributed by atoms with van der Waals surface area (Å²) in [6, 6.07) is 22.2. The van der Waals surface area contributed by atoms with Crippen molar-refractivity contribution in [2.24, 2.45) is 0 Å². The zero-order chi connectivity index (χ0) is 27.0. The van der Waals surface area contributed by atoms with Gasteiger partial charge in [-0.05, 0) is 54.7 Å². The van der Waals surface area contributed by atoms with Crippen LogP contribution in [-0.2, 0) is 32.6 Å². The number of sulfonamides is 1. The number of nitrogens with one attached hydrogen (secondary N) is 1. The third kappa shape index (κ3) is 6.38. The Hall–Kier alpha value is -3.65. The Morgan fingerprint density at radius 1 is 0.865 bits per heavy atom. The molecule has 3 aromatic carbocycles. The molecule has 0 saturated heterocycles. The molecule has 7 nitrogen and oxygen atoms in total. The molecule has 8 heteroatoms. The first kappa shape index (κ1) is 27.9. The van der Waals surface area contributed by atoms with Crippen molar-refractivity contribution >= 4 is 27.5 Å². The smallest absolute Gasteiger partial charge is 0.264 e. The van der Waals surface area contributed by atoms with E-state index < -0.39 is 28.5 Å². The molecule has 0 radical (unpaired) electrons. The fraction of sp³-hybridized carbons (Fsp3) is 0.310. The molecule has 0 saturated carbocycles.